The highest BCUT2D eigenvalue weighted by atomic mass is 32.1. The minimum atomic E-state index is 0.694. The summed E-state index contributed by atoms with van der Waals surface area (Å²) >= 11 is 1.47. The van der Waals surface area contributed by atoms with Crippen LogP contribution >= 0.6 is 11.3 Å². The first-order valence-electron chi connectivity index (χ1n) is 5.18. The zero-order chi connectivity index (χ0) is 11.4. The van der Waals surface area contributed by atoms with Crippen LogP contribution < -0.4 is 4.90 Å². The molecule has 0 unspecified atom stereocenters. The van der Waals surface area contributed by atoms with Crippen molar-refractivity contribution in [2.24, 2.45) is 5.92 Å². The van der Waals surface area contributed by atoms with Gasteiger partial charge in [-0.2, -0.15) is 0 Å². The van der Waals surface area contributed by atoms with Crippen molar-refractivity contribution in [3.05, 3.63) is 10.6 Å². The molecule has 15 heavy (non-hydrogen) atoms. The van der Waals surface area contributed by atoms with Crippen LogP contribution in [0.4, 0.5) is 5.13 Å². The van der Waals surface area contributed by atoms with E-state index in [9.17, 15) is 4.79 Å². The van der Waals surface area contributed by atoms with E-state index in [4.69, 9.17) is 0 Å². The van der Waals surface area contributed by atoms with Crippen LogP contribution in [0.25, 0.3) is 0 Å². The normalized spacial score (nSPS) is 10.7. The number of anilines is 1. The Balaban J connectivity index is 2.65. The highest BCUT2D eigenvalue weighted by Crippen LogP contribution is 2.24. The van der Waals surface area contributed by atoms with Gasteiger partial charge in [0.1, 0.15) is 0 Å². The van der Waals surface area contributed by atoms with Gasteiger partial charge in [0.25, 0.3) is 0 Å². The minimum Gasteiger partial charge on any atom is -0.351 e. The first-order valence-corrected chi connectivity index (χ1v) is 6.00. The molecule has 84 valence electrons. The van der Waals surface area contributed by atoms with Gasteiger partial charge >= 0.3 is 0 Å². The number of carbonyl (C=O) groups is 1. The van der Waals surface area contributed by atoms with Gasteiger partial charge < -0.3 is 4.90 Å². The molecule has 1 heterocycles. The minimum absolute atomic E-state index is 0.694. The number of thiazole rings is 1. The number of aldehydes is 1. The second-order valence-corrected chi connectivity index (χ2v) is 5.18. The first-order chi connectivity index (χ1) is 7.04. The second kappa shape index (κ2) is 5.26. The molecule has 0 atom stereocenters. The zero-order valence-corrected chi connectivity index (χ0v) is 10.6. The molecule has 0 saturated carbocycles. The number of hydrogen-bond donors (Lipinski definition) is 0. The highest BCUT2D eigenvalue weighted by Gasteiger charge is 2.10. The van der Waals surface area contributed by atoms with Gasteiger partial charge in [0.15, 0.2) is 11.4 Å². The average molecular weight is 226 g/mol. The van der Waals surface area contributed by atoms with Crippen molar-refractivity contribution in [3.8, 4) is 0 Å². The number of rotatable bonds is 5. The highest BCUT2D eigenvalue weighted by molar-refractivity contribution is 7.17. The third kappa shape index (κ3) is 3.30. The predicted octanol–water partition coefficient (Wildman–Crippen LogP) is 2.75. The van der Waals surface area contributed by atoms with Crippen molar-refractivity contribution in [1.29, 1.82) is 0 Å². The number of nitrogens with zero attached hydrogens (tertiary/aromatic N) is 2. The van der Waals surface area contributed by atoms with Gasteiger partial charge in [-0.3, -0.25) is 4.79 Å². The van der Waals surface area contributed by atoms with Crippen LogP contribution in [0.15, 0.2) is 0 Å². The maximum Gasteiger partial charge on any atom is 0.185 e. The lowest BCUT2D eigenvalue weighted by atomic mass is 10.1. The molecule has 0 bridgehead atoms. The largest absolute Gasteiger partial charge is 0.351 e. The monoisotopic (exact) mass is 226 g/mol. The number of carbonyl (C=O) groups excluding carboxylic acids is 1. The summed E-state index contributed by atoms with van der Waals surface area (Å²) in [5, 5.41) is 0.940. The van der Waals surface area contributed by atoms with Gasteiger partial charge in [0, 0.05) is 13.6 Å². The van der Waals surface area contributed by atoms with Crippen LogP contribution in [0, 0.1) is 12.8 Å². The fourth-order valence-electron chi connectivity index (χ4n) is 1.21. The molecule has 1 aromatic heterocycles. The standard InChI is InChI=1S/C11H18N2OS/c1-8(2)5-6-13(4)11-12-9(3)10(7-14)15-11/h7-8H,5-6H2,1-4H3. The average Bonchev–Trinajstić information content (AvgIpc) is 2.56. The summed E-state index contributed by atoms with van der Waals surface area (Å²) in [6.07, 6.45) is 2.03. The van der Waals surface area contributed by atoms with Crippen LogP contribution in [-0.2, 0) is 0 Å². The molecule has 1 aromatic rings. The lowest BCUT2D eigenvalue weighted by Gasteiger charge is -2.16. The molecule has 0 saturated heterocycles. The van der Waals surface area contributed by atoms with E-state index in [0.29, 0.717) is 5.92 Å². The van der Waals surface area contributed by atoms with Gasteiger partial charge in [-0.25, -0.2) is 4.98 Å². The van der Waals surface area contributed by atoms with E-state index in [1.54, 1.807) is 0 Å². The van der Waals surface area contributed by atoms with Crippen molar-refractivity contribution < 1.29 is 4.79 Å². The molecule has 0 aromatic carbocycles. The fourth-order valence-corrected chi connectivity index (χ4v) is 2.08. The summed E-state index contributed by atoms with van der Waals surface area (Å²) in [7, 11) is 2.02. The van der Waals surface area contributed by atoms with E-state index < -0.39 is 0 Å². The van der Waals surface area contributed by atoms with Gasteiger partial charge in [-0.15, -0.1) is 0 Å². The molecular formula is C11H18N2OS. The third-order valence-electron chi connectivity index (χ3n) is 2.30. The van der Waals surface area contributed by atoms with E-state index in [-0.39, 0.29) is 0 Å². The molecule has 0 fully saturated rings. The van der Waals surface area contributed by atoms with Crippen LogP contribution in [0.1, 0.15) is 35.6 Å². The van der Waals surface area contributed by atoms with Gasteiger partial charge in [0.2, 0.25) is 0 Å². The summed E-state index contributed by atoms with van der Waals surface area (Å²) in [4.78, 5) is 17.9. The van der Waals surface area contributed by atoms with E-state index in [0.717, 1.165) is 35.0 Å². The summed E-state index contributed by atoms with van der Waals surface area (Å²) in [5.41, 5.74) is 0.835. The van der Waals surface area contributed by atoms with E-state index in [1.807, 2.05) is 14.0 Å². The summed E-state index contributed by atoms with van der Waals surface area (Å²) in [6, 6.07) is 0. The molecular weight excluding hydrogens is 208 g/mol. The first kappa shape index (κ1) is 12.2. The SMILES string of the molecule is Cc1nc(N(C)CCC(C)C)sc1C=O. The maximum absolute atomic E-state index is 10.7. The van der Waals surface area contributed by atoms with Crippen molar-refractivity contribution in [1.82, 2.24) is 4.98 Å². The van der Waals surface area contributed by atoms with Gasteiger partial charge in [-0.05, 0) is 19.3 Å². The van der Waals surface area contributed by atoms with Gasteiger partial charge in [0.05, 0.1) is 10.6 Å². The van der Waals surface area contributed by atoms with Crippen molar-refractivity contribution >= 4 is 22.8 Å². The third-order valence-corrected chi connectivity index (χ3v) is 3.49. The van der Waals surface area contributed by atoms with Crippen molar-refractivity contribution in [3.63, 3.8) is 0 Å². The molecule has 0 aliphatic carbocycles. The topological polar surface area (TPSA) is 33.2 Å². The maximum atomic E-state index is 10.7. The summed E-state index contributed by atoms with van der Waals surface area (Å²) < 4.78 is 0. The second-order valence-electron chi connectivity index (χ2n) is 4.17. The summed E-state index contributed by atoms with van der Waals surface area (Å²) in [5.74, 6) is 0.694. The van der Waals surface area contributed by atoms with E-state index in [1.165, 1.54) is 11.3 Å². The molecule has 3 nitrogen and oxygen atoms in total. The smallest absolute Gasteiger partial charge is 0.185 e. The zero-order valence-electron chi connectivity index (χ0n) is 9.78. The Morgan fingerprint density at radius 3 is 2.67 bits per heavy atom. The molecule has 0 aliphatic rings. The lowest BCUT2D eigenvalue weighted by Crippen LogP contribution is -2.19. The molecule has 4 heteroatoms. The van der Waals surface area contributed by atoms with Crippen LogP contribution in [0.3, 0.4) is 0 Å². The number of aryl methyl sites for hydroxylation is 1. The molecule has 0 radical (unpaired) electrons. The molecule has 0 spiro atoms. The van der Waals surface area contributed by atoms with Gasteiger partial charge in [-0.1, -0.05) is 25.2 Å². The van der Waals surface area contributed by atoms with E-state index in [2.05, 4.69) is 23.7 Å². The Bertz CT molecular complexity index is 333. The van der Waals surface area contributed by atoms with Crippen LogP contribution in [0.5, 0.6) is 0 Å². The Kier molecular flexibility index (Phi) is 4.27. The summed E-state index contributed by atoms with van der Waals surface area (Å²) in [6.45, 7) is 7.28. The van der Waals surface area contributed by atoms with Crippen molar-refractivity contribution in [2.75, 3.05) is 18.5 Å². The Morgan fingerprint density at radius 1 is 1.53 bits per heavy atom. The number of hydrogen-bond acceptors (Lipinski definition) is 4. The number of aromatic nitrogens is 1. The lowest BCUT2D eigenvalue weighted by molar-refractivity contribution is 0.112. The van der Waals surface area contributed by atoms with Crippen LogP contribution in [-0.4, -0.2) is 24.9 Å². The Morgan fingerprint density at radius 2 is 2.20 bits per heavy atom. The quantitative estimate of drug-likeness (QED) is 0.724. The van der Waals surface area contributed by atoms with E-state index >= 15 is 0 Å². The Hall–Kier alpha value is -0.900. The molecule has 0 aliphatic heterocycles. The van der Waals surface area contributed by atoms with Crippen molar-refractivity contribution in [2.45, 2.75) is 27.2 Å². The fraction of sp³-hybridized carbons (Fsp3) is 0.636. The molecule has 1 rings (SSSR count). The molecule has 0 N–H and O–H groups in total. The Labute approximate surface area is 95.1 Å². The predicted molar refractivity (Wildman–Crippen MR) is 65.0 cm³/mol. The van der Waals surface area contributed by atoms with Crippen LogP contribution in [0.2, 0.25) is 0 Å². The molecule has 0 amide bonds.